The van der Waals surface area contributed by atoms with Crippen LogP contribution in [0.3, 0.4) is 0 Å². The van der Waals surface area contributed by atoms with Gasteiger partial charge in [-0.3, -0.25) is 19.2 Å². The van der Waals surface area contributed by atoms with Crippen molar-refractivity contribution < 1.29 is 19.2 Å². The van der Waals surface area contributed by atoms with E-state index in [0.717, 1.165) is 49.5 Å². The van der Waals surface area contributed by atoms with Gasteiger partial charge in [-0.15, -0.1) is 0 Å². The van der Waals surface area contributed by atoms with E-state index >= 15 is 0 Å². The molecule has 5 aromatic carbocycles. The number of benzene rings is 5. The summed E-state index contributed by atoms with van der Waals surface area (Å²) in [5.41, 5.74) is 7.39. The molecule has 2 aliphatic heterocycles. The van der Waals surface area contributed by atoms with Crippen molar-refractivity contribution in [1.82, 2.24) is 5.01 Å². The predicted molar refractivity (Wildman–Crippen MR) is 185 cm³/mol. The number of hydrazone groups is 1. The van der Waals surface area contributed by atoms with Crippen molar-refractivity contribution >= 4 is 35.5 Å². The summed E-state index contributed by atoms with van der Waals surface area (Å²) in [6.07, 6.45) is 1.66. The van der Waals surface area contributed by atoms with Gasteiger partial charge < -0.3 is 0 Å². The van der Waals surface area contributed by atoms with E-state index in [1.165, 1.54) is 4.90 Å². The standard InChI is InChI=1S/C43H29N3O4/c47-39-37-34-28-18-8-10-20-30(28)43(31-21-11-9-19-29(31)34,38(37)42(50)45(39)23-12-2-1-3-13-23)22-44-46-40(48)35-32-24-14-4-5-15-25(24)33(36(35)41(46)49)27-17-7-6-16-26(27)32/h1-22,32-38H/b44-22-/t32?,33?,34?,35-,36+,37-,38+,43?/m1/s1. The van der Waals surface area contributed by atoms with Gasteiger partial charge in [0.1, 0.15) is 0 Å². The maximum Gasteiger partial charge on any atom is 0.254 e. The first kappa shape index (κ1) is 27.9. The summed E-state index contributed by atoms with van der Waals surface area (Å²) in [5, 5.41) is 5.95. The summed E-state index contributed by atoms with van der Waals surface area (Å²) >= 11 is 0. The zero-order chi connectivity index (χ0) is 33.5. The lowest BCUT2D eigenvalue weighted by Crippen LogP contribution is -2.55. The number of carbonyl (C=O) groups excluding carboxylic acids is 4. The van der Waals surface area contributed by atoms with E-state index in [4.69, 9.17) is 5.10 Å². The number of hydrogen-bond donors (Lipinski definition) is 0. The first-order valence-corrected chi connectivity index (χ1v) is 17.2. The van der Waals surface area contributed by atoms with Crippen LogP contribution in [0.1, 0.15) is 62.3 Å². The number of nitrogens with zero attached hydrogens (tertiary/aromatic N) is 3. The van der Waals surface area contributed by atoms with Gasteiger partial charge in [0.2, 0.25) is 11.8 Å². The second-order valence-electron chi connectivity index (χ2n) is 14.4. The highest BCUT2D eigenvalue weighted by atomic mass is 16.2. The molecule has 4 bridgehead atoms. The molecule has 4 amide bonds. The van der Waals surface area contributed by atoms with Crippen molar-refractivity contribution in [2.24, 2.45) is 28.8 Å². The summed E-state index contributed by atoms with van der Waals surface area (Å²) in [6.45, 7) is 0. The molecule has 2 fully saturated rings. The van der Waals surface area contributed by atoms with E-state index in [9.17, 15) is 19.2 Å². The second kappa shape index (κ2) is 9.60. The zero-order valence-corrected chi connectivity index (χ0v) is 26.7. The first-order valence-electron chi connectivity index (χ1n) is 17.2. The lowest BCUT2D eigenvalue weighted by atomic mass is 9.47. The largest absolute Gasteiger partial charge is 0.274 e. The van der Waals surface area contributed by atoms with Gasteiger partial charge in [0, 0.05) is 24.0 Å². The monoisotopic (exact) mass is 651 g/mol. The Bertz CT molecular complexity index is 2240. The molecule has 7 nitrogen and oxygen atoms in total. The fraction of sp³-hybridized carbons (Fsp3) is 0.186. The van der Waals surface area contributed by atoms with Crippen molar-refractivity contribution in [2.75, 3.05) is 4.90 Å². The lowest BCUT2D eigenvalue weighted by Gasteiger charge is -2.52. The van der Waals surface area contributed by atoms with Crippen molar-refractivity contribution in [1.29, 1.82) is 0 Å². The van der Waals surface area contributed by atoms with Gasteiger partial charge in [-0.2, -0.15) is 10.1 Å². The number of amides is 4. The molecule has 0 aromatic heterocycles. The third-order valence-corrected chi connectivity index (χ3v) is 12.5. The van der Waals surface area contributed by atoms with Gasteiger partial charge in [-0.05, 0) is 56.6 Å². The maximum atomic E-state index is 14.7. The Morgan fingerprint density at radius 2 is 0.880 bits per heavy atom. The SMILES string of the molecule is O=C1[C@@H]2C3c4ccccc4C(c4ccccc43)[C@@H]2C(=O)N1/N=C\C12c3ccccc3C(c3ccccc31)[C@H]1C(=O)N(c3ccccc3)C(=O)[C@H]12. The smallest absolute Gasteiger partial charge is 0.254 e. The number of para-hydroxylation sites is 1. The number of imide groups is 2. The summed E-state index contributed by atoms with van der Waals surface area (Å²) in [5.74, 6) is -4.67. The van der Waals surface area contributed by atoms with E-state index < -0.39 is 29.1 Å². The third kappa shape index (κ3) is 3.15. The minimum atomic E-state index is -1.19. The molecule has 0 saturated carbocycles. The third-order valence-electron chi connectivity index (χ3n) is 12.5. The first-order chi connectivity index (χ1) is 24.5. The topological polar surface area (TPSA) is 87.1 Å². The van der Waals surface area contributed by atoms with E-state index in [1.807, 2.05) is 91.0 Å². The minimum Gasteiger partial charge on any atom is -0.274 e. The predicted octanol–water partition coefficient (Wildman–Crippen LogP) is 6.12. The van der Waals surface area contributed by atoms with Gasteiger partial charge in [0.25, 0.3) is 11.8 Å². The Morgan fingerprint density at radius 1 is 0.460 bits per heavy atom. The molecule has 2 saturated heterocycles. The number of carbonyl (C=O) groups is 4. The average molecular weight is 652 g/mol. The van der Waals surface area contributed by atoms with E-state index in [1.54, 1.807) is 18.3 Å². The van der Waals surface area contributed by atoms with Gasteiger partial charge in [-0.25, -0.2) is 4.90 Å². The lowest BCUT2D eigenvalue weighted by molar-refractivity contribution is -0.140. The quantitative estimate of drug-likeness (QED) is 0.174. The Kier molecular flexibility index (Phi) is 5.36. The van der Waals surface area contributed by atoms with Crippen molar-refractivity contribution in [3.63, 3.8) is 0 Å². The Balaban J connectivity index is 1.09. The second-order valence-corrected chi connectivity index (χ2v) is 14.4. The van der Waals surface area contributed by atoms with Gasteiger partial charge in [0.15, 0.2) is 0 Å². The molecule has 8 aliphatic rings. The summed E-state index contributed by atoms with van der Waals surface area (Å²) in [4.78, 5) is 59.7. The molecular formula is C43H29N3O4. The molecule has 0 N–H and O–H groups in total. The molecule has 240 valence electrons. The van der Waals surface area contributed by atoms with Crippen molar-refractivity contribution in [3.8, 4) is 0 Å². The van der Waals surface area contributed by atoms with Crippen LogP contribution in [0.25, 0.3) is 0 Å². The Hall–Kier alpha value is -5.95. The summed E-state index contributed by atoms with van der Waals surface area (Å²) in [7, 11) is 0. The van der Waals surface area contributed by atoms with Crippen LogP contribution >= 0.6 is 0 Å². The van der Waals surface area contributed by atoms with Crippen LogP contribution in [-0.4, -0.2) is 34.9 Å². The molecule has 0 radical (unpaired) electrons. The highest BCUT2D eigenvalue weighted by Crippen LogP contribution is 2.64. The fourth-order valence-electron chi connectivity index (χ4n) is 10.8. The minimum absolute atomic E-state index is 0.246. The molecule has 4 atom stereocenters. The molecule has 2 heterocycles. The number of rotatable bonds is 3. The molecule has 0 spiro atoms. The average Bonchev–Trinajstić information content (AvgIpc) is 3.59. The molecule has 6 aliphatic carbocycles. The number of hydrogen-bond acceptors (Lipinski definition) is 5. The van der Waals surface area contributed by atoms with Crippen LogP contribution in [0.2, 0.25) is 0 Å². The van der Waals surface area contributed by atoms with E-state index in [2.05, 4.69) is 24.3 Å². The highest BCUT2D eigenvalue weighted by molar-refractivity contribution is 6.25. The van der Waals surface area contributed by atoms with E-state index in [0.29, 0.717) is 5.69 Å². The van der Waals surface area contributed by atoms with Crippen molar-refractivity contribution in [2.45, 2.75) is 23.2 Å². The van der Waals surface area contributed by atoms with Crippen molar-refractivity contribution in [3.05, 3.63) is 172 Å². The fourth-order valence-corrected chi connectivity index (χ4v) is 10.8. The molecule has 5 aromatic rings. The summed E-state index contributed by atoms with van der Waals surface area (Å²) in [6, 6.07) is 41.2. The van der Waals surface area contributed by atoms with E-state index in [-0.39, 0.29) is 41.4 Å². The molecule has 50 heavy (non-hydrogen) atoms. The Labute approximate surface area is 287 Å². The highest BCUT2D eigenvalue weighted by Gasteiger charge is 2.68. The van der Waals surface area contributed by atoms with Gasteiger partial charge in [-0.1, -0.05) is 115 Å². The van der Waals surface area contributed by atoms with Crippen LogP contribution in [0.5, 0.6) is 0 Å². The van der Waals surface area contributed by atoms with Crippen LogP contribution in [0.15, 0.2) is 132 Å². The number of anilines is 1. The van der Waals surface area contributed by atoms with Crippen LogP contribution in [0, 0.1) is 23.7 Å². The van der Waals surface area contributed by atoms with Crippen LogP contribution in [-0.2, 0) is 24.6 Å². The van der Waals surface area contributed by atoms with Gasteiger partial charge in [0.05, 0.1) is 34.8 Å². The molecule has 0 unspecified atom stereocenters. The Morgan fingerprint density at radius 3 is 1.38 bits per heavy atom. The molecule has 7 heteroatoms. The van der Waals surface area contributed by atoms with Crippen LogP contribution < -0.4 is 4.90 Å². The zero-order valence-electron chi connectivity index (χ0n) is 26.7. The molecular weight excluding hydrogens is 622 g/mol. The van der Waals surface area contributed by atoms with Crippen LogP contribution in [0.4, 0.5) is 5.69 Å². The van der Waals surface area contributed by atoms with Gasteiger partial charge >= 0.3 is 0 Å². The maximum absolute atomic E-state index is 14.7. The molecule has 13 rings (SSSR count). The normalized spacial score (nSPS) is 30.7. The summed E-state index contributed by atoms with van der Waals surface area (Å²) < 4.78 is 0.